The summed E-state index contributed by atoms with van der Waals surface area (Å²) in [7, 11) is -4.33. The minimum Gasteiger partial charge on any atom is -0.478 e. The Labute approximate surface area is 200 Å². The first-order valence-corrected chi connectivity index (χ1v) is 12.1. The van der Waals surface area contributed by atoms with E-state index in [0.29, 0.717) is 16.7 Å². The molecule has 2 N–H and O–H groups in total. The van der Waals surface area contributed by atoms with E-state index in [4.69, 9.17) is 16.3 Å². The molecule has 0 saturated heterocycles. The maximum Gasteiger partial charge on any atom is 0.408 e. The van der Waals surface area contributed by atoms with Crippen LogP contribution in [0.15, 0.2) is 41.3 Å². The summed E-state index contributed by atoms with van der Waals surface area (Å²) in [6.07, 6.45) is -1.02. The molecule has 12 heteroatoms. The number of fused-ring (bicyclic) bond motifs is 1. The van der Waals surface area contributed by atoms with Gasteiger partial charge in [0.1, 0.15) is 17.5 Å². The van der Waals surface area contributed by atoms with Gasteiger partial charge in [-0.3, -0.25) is 4.79 Å². The zero-order valence-electron chi connectivity index (χ0n) is 18.5. The molecule has 0 radical (unpaired) electrons. The highest BCUT2D eigenvalue weighted by Crippen LogP contribution is 2.34. The number of nitrogens with one attached hydrogen (secondary N) is 1. The molecule has 0 aromatic heterocycles. The van der Waals surface area contributed by atoms with Gasteiger partial charge in [0.15, 0.2) is 9.84 Å². The van der Waals surface area contributed by atoms with Gasteiger partial charge >= 0.3 is 12.1 Å². The average molecular weight is 513 g/mol. The van der Waals surface area contributed by atoms with Crippen molar-refractivity contribution in [1.29, 1.82) is 0 Å². The number of carbonyl (C=O) groups is 3. The van der Waals surface area contributed by atoms with E-state index in [1.54, 1.807) is 45.0 Å². The molecule has 0 aliphatic carbocycles. The topological polar surface area (TPSA) is 130 Å². The van der Waals surface area contributed by atoms with Crippen molar-refractivity contribution in [3.63, 3.8) is 0 Å². The number of ether oxygens (including phenoxy) is 1. The Morgan fingerprint density at radius 2 is 1.85 bits per heavy atom. The van der Waals surface area contributed by atoms with Crippen LogP contribution in [0.25, 0.3) is 0 Å². The summed E-state index contributed by atoms with van der Waals surface area (Å²) in [6, 6.07) is 6.09. The first-order chi connectivity index (χ1) is 15.7. The van der Waals surface area contributed by atoms with E-state index in [0.717, 1.165) is 11.0 Å². The number of hydrogen-bond donors (Lipinski definition) is 2. The Hall–Kier alpha value is -3.18. The molecule has 0 bridgehead atoms. The summed E-state index contributed by atoms with van der Waals surface area (Å²) in [5.74, 6) is -4.62. The van der Waals surface area contributed by atoms with E-state index < -0.39 is 61.5 Å². The highest BCUT2D eigenvalue weighted by atomic mass is 35.5. The molecular weight excluding hydrogens is 491 g/mol. The summed E-state index contributed by atoms with van der Waals surface area (Å²) in [5.41, 5.74) is -1.50. The molecule has 0 saturated carbocycles. The van der Waals surface area contributed by atoms with Gasteiger partial charge in [-0.2, -0.15) is 0 Å². The number of rotatable bonds is 4. The SMILES string of the molecule is CC(C)(C)OC(=O)N[C@H]1CS(=O)(=O)c2cc(F)c(C(=O)O)cc2N(Cc2ccc(Cl)cc2)C1=O. The van der Waals surface area contributed by atoms with Crippen LogP contribution in [0.1, 0.15) is 36.7 Å². The summed E-state index contributed by atoms with van der Waals surface area (Å²) in [6.45, 7) is 4.58. The van der Waals surface area contributed by atoms with E-state index in [1.165, 1.54) is 0 Å². The van der Waals surface area contributed by atoms with Gasteiger partial charge in [0.2, 0.25) is 0 Å². The van der Waals surface area contributed by atoms with Gasteiger partial charge in [-0.05, 0) is 50.6 Å². The molecule has 0 unspecified atom stereocenters. The van der Waals surface area contributed by atoms with Crippen LogP contribution in [0.5, 0.6) is 0 Å². The van der Waals surface area contributed by atoms with E-state index in [2.05, 4.69) is 5.32 Å². The Kier molecular flexibility index (Phi) is 6.90. The second-order valence-electron chi connectivity index (χ2n) is 8.64. The number of carbonyl (C=O) groups excluding carboxylic acids is 2. The molecule has 2 aromatic carbocycles. The molecule has 0 spiro atoms. The summed E-state index contributed by atoms with van der Waals surface area (Å²) >= 11 is 5.91. The molecule has 2 aromatic rings. The third-order valence-corrected chi connectivity index (χ3v) is 6.82. The number of amides is 2. The smallest absolute Gasteiger partial charge is 0.408 e. The van der Waals surface area contributed by atoms with Crippen LogP contribution in [0, 0.1) is 5.82 Å². The van der Waals surface area contributed by atoms with Gasteiger partial charge in [-0.25, -0.2) is 22.4 Å². The lowest BCUT2D eigenvalue weighted by molar-refractivity contribution is -0.120. The molecule has 1 atom stereocenters. The highest BCUT2D eigenvalue weighted by Gasteiger charge is 2.40. The van der Waals surface area contributed by atoms with E-state index >= 15 is 0 Å². The standard InChI is InChI=1S/C22H22ClFN2O7S/c1-22(2,3)33-21(30)25-16-11-34(31,32)18-9-15(24)14(20(28)29)8-17(18)26(19(16)27)10-12-4-6-13(23)7-5-12/h4-9,16H,10-11H2,1-3H3,(H,25,30)(H,28,29)/t16-/m0/s1. The first-order valence-electron chi connectivity index (χ1n) is 10.0. The number of anilines is 1. The van der Waals surface area contributed by atoms with Gasteiger partial charge in [0.05, 0.1) is 28.4 Å². The van der Waals surface area contributed by atoms with Crippen LogP contribution in [0.3, 0.4) is 0 Å². The van der Waals surface area contributed by atoms with Crippen LogP contribution in [-0.2, 0) is 25.9 Å². The number of benzene rings is 2. The third-order valence-electron chi connectivity index (χ3n) is 4.80. The molecule has 182 valence electrons. The Morgan fingerprint density at radius 3 is 2.41 bits per heavy atom. The largest absolute Gasteiger partial charge is 0.478 e. The second kappa shape index (κ2) is 9.22. The molecule has 0 fully saturated rings. The number of halogens is 2. The number of aromatic carboxylic acids is 1. The Balaban J connectivity index is 2.14. The third kappa shape index (κ3) is 5.65. The number of hydrogen-bond acceptors (Lipinski definition) is 6. The predicted octanol–water partition coefficient (Wildman–Crippen LogP) is 3.39. The van der Waals surface area contributed by atoms with Crippen molar-refractivity contribution in [2.24, 2.45) is 0 Å². The highest BCUT2D eigenvalue weighted by molar-refractivity contribution is 7.91. The lowest BCUT2D eigenvalue weighted by Crippen LogP contribution is -2.51. The molecule has 9 nitrogen and oxygen atoms in total. The van der Waals surface area contributed by atoms with Crippen molar-refractivity contribution in [2.45, 2.75) is 43.9 Å². The second-order valence-corrected chi connectivity index (χ2v) is 11.1. The lowest BCUT2D eigenvalue weighted by atomic mass is 10.1. The number of nitrogens with zero attached hydrogens (tertiary/aromatic N) is 1. The van der Waals surface area contributed by atoms with Crippen molar-refractivity contribution < 1.29 is 37.0 Å². The van der Waals surface area contributed by atoms with E-state index in [1.807, 2.05) is 0 Å². The number of alkyl carbamates (subject to hydrolysis) is 1. The number of sulfone groups is 1. The van der Waals surface area contributed by atoms with Crippen LogP contribution < -0.4 is 10.2 Å². The molecule has 34 heavy (non-hydrogen) atoms. The predicted molar refractivity (Wildman–Crippen MR) is 121 cm³/mol. The minimum absolute atomic E-state index is 0.199. The monoisotopic (exact) mass is 512 g/mol. The van der Waals surface area contributed by atoms with Crippen molar-refractivity contribution in [3.05, 3.63) is 58.4 Å². The van der Waals surface area contributed by atoms with Gasteiger partial charge in [0, 0.05) is 5.02 Å². The van der Waals surface area contributed by atoms with Crippen LogP contribution in [0.4, 0.5) is 14.9 Å². The van der Waals surface area contributed by atoms with Gasteiger partial charge in [-0.1, -0.05) is 23.7 Å². The van der Waals surface area contributed by atoms with E-state index in [9.17, 15) is 32.3 Å². The molecule has 2 amide bonds. The summed E-state index contributed by atoms with van der Waals surface area (Å²) < 4.78 is 45.8. The van der Waals surface area contributed by atoms with E-state index in [-0.39, 0.29) is 12.2 Å². The fraction of sp³-hybridized carbons (Fsp3) is 0.318. The van der Waals surface area contributed by atoms with Crippen molar-refractivity contribution in [1.82, 2.24) is 5.32 Å². The first kappa shape index (κ1) is 25.4. The summed E-state index contributed by atoms with van der Waals surface area (Å²) in [4.78, 5) is 37.7. The van der Waals surface area contributed by atoms with Gasteiger partial charge in [0.25, 0.3) is 5.91 Å². The normalized spacial score (nSPS) is 17.5. The summed E-state index contributed by atoms with van der Waals surface area (Å²) in [5, 5.41) is 12.0. The molecular formula is C22H22ClFN2O7S. The van der Waals surface area contributed by atoms with Crippen LogP contribution in [0.2, 0.25) is 5.02 Å². The van der Waals surface area contributed by atoms with Crippen molar-refractivity contribution >= 4 is 45.1 Å². The quantitative estimate of drug-likeness (QED) is 0.642. The molecule has 3 rings (SSSR count). The van der Waals surface area contributed by atoms with Gasteiger partial charge in [-0.15, -0.1) is 0 Å². The number of carboxylic acids is 1. The van der Waals surface area contributed by atoms with Crippen molar-refractivity contribution in [3.8, 4) is 0 Å². The maximum atomic E-state index is 14.4. The fourth-order valence-electron chi connectivity index (χ4n) is 3.34. The lowest BCUT2D eigenvalue weighted by Gasteiger charge is -2.27. The number of carboxylic acid groups (broad SMARTS) is 1. The Bertz CT molecular complexity index is 1260. The zero-order valence-corrected chi connectivity index (χ0v) is 20.0. The molecule has 1 aliphatic heterocycles. The fourth-order valence-corrected chi connectivity index (χ4v) is 5.08. The van der Waals surface area contributed by atoms with Gasteiger partial charge < -0.3 is 20.1 Å². The van der Waals surface area contributed by atoms with Crippen molar-refractivity contribution in [2.75, 3.05) is 10.7 Å². The van der Waals surface area contributed by atoms with Crippen LogP contribution >= 0.6 is 11.6 Å². The van der Waals surface area contributed by atoms with Crippen LogP contribution in [-0.4, -0.2) is 48.9 Å². The zero-order chi connectivity index (χ0) is 25.4. The molecule has 1 aliphatic rings. The minimum atomic E-state index is -4.33. The average Bonchev–Trinajstić information content (AvgIpc) is 2.76. The molecule has 1 heterocycles. The maximum absolute atomic E-state index is 14.4. The Morgan fingerprint density at radius 1 is 1.24 bits per heavy atom.